The van der Waals surface area contributed by atoms with E-state index in [9.17, 15) is 18.0 Å². The third-order valence-electron chi connectivity index (χ3n) is 4.30. The highest BCUT2D eigenvalue weighted by Crippen LogP contribution is 2.24. The van der Waals surface area contributed by atoms with Crippen LogP contribution in [0.25, 0.3) is 0 Å². The van der Waals surface area contributed by atoms with Crippen molar-refractivity contribution in [2.45, 2.75) is 32.7 Å². The van der Waals surface area contributed by atoms with Crippen LogP contribution >= 0.6 is 0 Å². The van der Waals surface area contributed by atoms with Crippen molar-refractivity contribution in [3.8, 4) is 0 Å². The number of amides is 1. The molecule has 3 nitrogen and oxygen atoms in total. The minimum Gasteiger partial charge on any atom is -0.343 e. The molecule has 0 spiro atoms. The van der Waals surface area contributed by atoms with Gasteiger partial charge in [-0.3, -0.25) is 4.79 Å². The van der Waals surface area contributed by atoms with E-state index in [1.165, 1.54) is 18.2 Å². The Bertz CT molecular complexity index is 532. The van der Waals surface area contributed by atoms with Gasteiger partial charge in [0.15, 0.2) is 0 Å². The Kier molecular flexibility index (Phi) is 6.04. The fourth-order valence-electron chi connectivity index (χ4n) is 2.69. The summed E-state index contributed by atoms with van der Waals surface area (Å²) in [5, 5.41) is 2.41. The quantitative estimate of drug-likeness (QED) is 0.833. The van der Waals surface area contributed by atoms with E-state index in [2.05, 4.69) is 10.2 Å². The lowest BCUT2D eigenvalue weighted by Crippen LogP contribution is -2.47. The molecule has 1 aliphatic heterocycles. The summed E-state index contributed by atoms with van der Waals surface area (Å²) >= 11 is 0. The third kappa shape index (κ3) is 4.70. The van der Waals surface area contributed by atoms with E-state index in [0.29, 0.717) is 6.54 Å². The summed E-state index contributed by atoms with van der Waals surface area (Å²) in [6.07, 6.45) is -1.69. The van der Waals surface area contributed by atoms with Crippen LogP contribution < -0.4 is 5.32 Å². The van der Waals surface area contributed by atoms with E-state index in [-0.39, 0.29) is 17.4 Å². The maximum absolute atomic E-state index is 13.3. The largest absolute Gasteiger partial charge is 0.343 e. The van der Waals surface area contributed by atoms with Crippen LogP contribution in [0.5, 0.6) is 0 Å². The lowest BCUT2D eigenvalue weighted by atomic mass is 9.92. The zero-order chi connectivity index (χ0) is 17.0. The summed E-state index contributed by atoms with van der Waals surface area (Å²) in [4.78, 5) is 14.6. The second-order valence-corrected chi connectivity index (χ2v) is 6.38. The number of benzene rings is 1. The van der Waals surface area contributed by atoms with Gasteiger partial charge >= 0.3 is 0 Å². The molecule has 1 N–H and O–H groups in total. The van der Waals surface area contributed by atoms with Crippen molar-refractivity contribution >= 4 is 5.91 Å². The Balaban J connectivity index is 2.09. The van der Waals surface area contributed by atoms with Gasteiger partial charge in [-0.1, -0.05) is 26.0 Å². The predicted molar refractivity (Wildman–Crippen MR) is 82.7 cm³/mol. The zero-order valence-corrected chi connectivity index (χ0v) is 13.4. The fraction of sp³-hybridized carbons (Fsp3) is 0.588. The van der Waals surface area contributed by atoms with Gasteiger partial charge in [0.1, 0.15) is 11.9 Å². The fourth-order valence-corrected chi connectivity index (χ4v) is 2.69. The van der Waals surface area contributed by atoms with E-state index in [1.807, 2.05) is 13.8 Å². The molecule has 1 aromatic rings. The Hall–Kier alpha value is -1.56. The van der Waals surface area contributed by atoms with Crippen LogP contribution in [0.15, 0.2) is 24.3 Å². The van der Waals surface area contributed by atoms with Gasteiger partial charge in [-0.25, -0.2) is 13.2 Å². The van der Waals surface area contributed by atoms with Gasteiger partial charge in [-0.05, 0) is 43.1 Å². The van der Waals surface area contributed by atoms with E-state index in [1.54, 1.807) is 0 Å². The van der Waals surface area contributed by atoms with Crippen molar-refractivity contribution in [3.63, 3.8) is 0 Å². The first kappa shape index (κ1) is 17.8. The molecule has 2 rings (SSSR count). The molecule has 1 aromatic carbocycles. The van der Waals surface area contributed by atoms with Gasteiger partial charge < -0.3 is 10.2 Å². The van der Waals surface area contributed by atoms with Crippen molar-refractivity contribution in [3.05, 3.63) is 35.6 Å². The SMILES string of the molecule is CC(C)[C@@H](CN1CCC1)C(=O)N[C@H](c1cccc(F)c1)C(F)F. The number of carbonyl (C=O) groups excluding carboxylic acids is 1. The van der Waals surface area contributed by atoms with Gasteiger partial charge in [-0.2, -0.15) is 0 Å². The topological polar surface area (TPSA) is 32.3 Å². The molecule has 0 aliphatic carbocycles. The van der Waals surface area contributed by atoms with Crippen LogP contribution in [-0.2, 0) is 4.79 Å². The zero-order valence-electron chi connectivity index (χ0n) is 13.4. The number of nitrogens with zero attached hydrogens (tertiary/aromatic N) is 1. The van der Waals surface area contributed by atoms with E-state index in [0.717, 1.165) is 25.6 Å². The molecule has 1 amide bonds. The van der Waals surface area contributed by atoms with E-state index >= 15 is 0 Å². The molecule has 6 heteroatoms. The number of carbonyl (C=O) groups is 1. The Labute approximate surface area is 134 Å². The van der Waals surface area contributed by atoms with Crippen molar-refractivity contribution in [1.29, 1.82) is 0 Å². The number of hydrogen-bond acceptors (Lipinski definition) is 2. The number of likely N-dealkylation sites (tertiary alicyclic amines) is 1. The van der Waals surface area contributed by atoms with Crippen LogP contribution in [0.1, 0.15) is 31.9 Å². The van der Waals surface area contributed by atoms with Crippen LogP contribution in [0.3, 0.4) is 0 Å². The van der Waals surface area contributed by atoms with Crippen LogP contribution in [0.2, 0.25) is 0 Å². The van der Waals surface area contributed by atoms with Crippen LogP contribution in [0, 0.1) is 17.7 Å². The maximum atomic E-state index is 13.3. The predicted octanol–water partition coefficient (Wildman–Crippen LogP) is 3.23. The van der Waals surface area contributed by atoms with Crippen molar-refractivity contribution in [2.24, 2.45) is 11.8 Å². The van der Waals surface area contributed by atoms with Crippen molar-refractivity contribution in [1.82, 2.24) is 10.2 Å². The summed E-state index contributed by atoms with van der Waals surface area (Å²) in [6, 6.07) is 3.51. The highest BCUT2D eigenvalue weighted by Gasteiger charge is 2.31. The molecule has 0 bridgehead atoms. The number of hydrogen-bond donors (Lipinski definition) is 1. The second-order valence-electron chi connectivity index (χ2n) is 6.38. The van der Waals surface area contributed by atoms with Gasteiger partial charge in [0.25, 0.3) is 6.43 Å². The summed E-state index contributed by atoms with van der Waals surface area (Å²) in [5.74, 6) is -1.31. The number of nitrogens with one attached hydrogen (secondary N) is 1. The summed E-state index contributed by atoms with van der Waals surface area (Å²) in [7, 11) is 0. The van der Waals surface area contributed by atoms with E-state index < -0.39 is 24.2 Å². The summed E-state index contributed by atoms with van der Waals surface area (Å²) in [6.45, 7) is 6.27. The minimum absolute atomic E-state index is 0.0430. The standard InChI is InChI=1S/C17H23F3N2O/c1-11(2)14(10-22-7-4-8-22)17(23)21-15(16(19)20)12-5-3-6-13(18)9-12/h3,5-6,9,11,14-16H,4,7-8,10H2,1-2H3,(H,21,23)/t14-,15-/m1/s1. The average molecular weight is 328 g/mol. The lowest BCUT2D eigenvalue weighted by molar-refractivity contribution is -0.129. The molecule has 0 aromatic heterocycles. The molecule has 0 saturated carbocycles. The molecule has 128 valence electrons. The van der Waals surface area contributed by atoms with Gasteiger partial charge in [0.05, 0.1) is 5.92 Å². The monoisotopic (exact) mass is 328 g/mol. The first-order chi connectivity index (χ1) is 10.9. The summed E-state index contributed by atoms with van der Waals surface area (Å²) in [5.41, 5.74) is 0.0832. The molecule has 1 fully saturated rings. The highest BCUT2D eigenvalue weighted by atomic mass is 19.3. The molecular weight excluding hydrogens is 305 g/mol. The molecule has 23 heavy (non-hydrogen) atoms. The van der Waals surface area contributed by atoms with Crippen molar-refractivity contribution in [2.75, 3.05) is 19.6 Å². The first-order valence-corrected chi connectivity index (χ1v) is 7.95. The number of halogens is 3. The molecule has 0 radical (unpaired) electrons. The number of alkyl halides is 2. The normalized spacial score (nSPS) is 17.9. The van der Waals surface area contributed by atoms with Crippen LogP contribution in [0.4, 0.5) is 13.2 Å². The molecule has 1 saturated heterocycles. The lowest BCUT2D eigenvalue weighted by Gasteiger charge is -2.35. The maximum Gasteiger partial charge on any atom is 0.262 e. The molecule has 1 heterocycles. The Morgan fingerprint density at radius 3 is 2.48 bits per heavy atom. The van der Waals surface area contributed by atoms with Gasteiger partial charge in [-0.15, -0.1) is 0 Å². The van der Waals surface area contributed by atoms with E-state index in [4.69, 9.17) is 0 Å². The Morgan fingerprint density at radius 1 is 1.30 bits per heavy atom. The van der Waals surface area contributed by atoms with Crippen LogP contribution in [-0.4, -0.2) is 36.9 Å². The van der Waals surface area contributed by atoms with Crippen molar-refractivity contribution < 1.29 is 18.0 Å². The van der Waals surface area contributed by atoms with Gasteiger partial charge in [0.2, 0.25) is 5.91 Å². The first-order valence-electron chi connectivity index (χ1n) is 7.95. The third-order valence-corrected chi connectivity index (χ3v) is 4.30. The summed E-state index contributed by atoms with van der Waals surface area (Å²) < 4.78 is 39.9. The minimum atomic E-state index is -2.79. The van der Waals surface area contributed by atoms with Gasteiger partial charge in [0, 0.05) is 6.54 Å². The molecular formula is C17H23F3N2O. The highest BCUT2D eigenvalue weighted by molar-refractivity contribution is 5.79. The molecule has 1 aliphatic rings. The average Bonchev–Trinajstić information content (AvgIpc) is 2.42. The Morgan fingerprint density at radius 2 is 2.00 bits per heavy atom. The molecule has 2 atom stereocenters. The number of rotatable bonds is 7. The second kappa shape index (κ2) is 7.81. The smallest absolute Gasteiger partial charge is 0.262 e. The molecule has 0 unspecified atom stereocenters.